The van der Waals surface area contributed by atoms with Gasteiger partial charge in [-0.25, -0.2) is 4.98 Å². The van der Waals surface area contributed by atoms with Gasteiger partial charge in [-0.3, -0.25) is 9.78 Å². The fourth-order valence-electron chi connectivity index (χ4n) is 2.61. The maximum absolute atomic E-state index is 12.9. The third-order valence-corrected chi connectivity index (χ3v) is 4.14. The summed E-state index contributed by atoms with van der Waals surface area (Å²) in [5, 5.41) is 0. The lowest BCUT2D eigenvalue weighted by Crippen LogP contribution is -2.26. The number of aromatic nitrogens is 4. The first kappa shape index (κ1) is 18.4. The molecule has 0 aliphatic rings. The lowest BCUT2D eigenvalue weighted by molar-refractivity contribution is 0.102. The topological polar surface area (TPSA) is 81.1 Å². The highest BCUT2D eigenvalue weighted by atomic mass is 16.5. The van der Waals surface area contributed by atoms with Gasteiger partial charge in [0.25, 0.3) is 0 Å². The number of ether oxygens (including phenoxy) is 1. The first-order valence-corrected chi connectivity index (χ1v) is 8.76. The molecule has 0 atom stereocenters. The van der Waals surface area contributed by atoms with Crippen molar-refractivity contribution in [3.8, 4) is 17.1 Å². The van der Waals surface area contributed by atoms with Crippen LogP contribution in [0.2, 0.25) is 0 Å². The van der Waals surface area contributed by atoms with Gasteiger partial charge >= 0.3 is 0 Å². The summed E-state index contributed by atoms with van der Waals surface area (Å²) in [5.74, 6) is 1.48. The second-order valence-electron chi connectivity index (χ2n) is 5.75. The maximum Gasteiger partial charge on any atom is 0.231 e. The van der Waals surface area contributed by atoms with Crippen molar-refractivity contribution in [3.05, 3.63) is 60.2 Å². The zero-order valence-corrected chi connectivity index (χ0v) is 15.6. The summed E-state index contributed by atoms with van der Waals surface area (Å²) >= 11 is 0. The Hall–Kier alpha value is -3.35. The Morgan fingerprint density at radius 1 is 1.04 bits per heavy atom. The van der Waals surface area contributed by atoms with Crippen molar-refractivity contribution in [2.75, 3.05) is 25.1 Å². The molecule has 2 heterocycles. The number of methoxy groups -OCH3 is 1. The van der Waals surface area contributed by atoms with Gasteiger partial charge in [0.05, 0.1) is 7.11 Å². The minimum atomic E-state index is -0.284. The molecule has 7 heteroatoms. The second kappa shape index (κ2) is 8.35. The Labute approximate surface area is 158 Å². The van der Waals surface area contributed by atoms with Crippen LogP contribution in [0.3, 0.4) is 0 Å². The quantitative estimate of drug-likeness (QED) is 0.597. The lowest BCUT2D eigenvalue weighted by Gasteiger charge is -2.19. The van der Waals surface area contributed by atoms with Crippen LogP contribution in [0.4, 0.5) is 5.95 Å². The molecular formula is C20H21N5O2. The van der Waals surface area contributed by atoms with Crippen LogP contribution in [0.25, 0.3) is 11.4 Å². The average Bonchev–Trinajstić information content (AvgIpc) is 2.74. The first-order chi connectivity index (χ1) is 13.2. The normalized spacial score (nSPS) is 10.5. The van der Waals surface area contributed by atoms with E-state index < -0.39 is 0 Å². The first-order valence-electron chi connectivity index (χ1n) is 8.76. The lowest BCUT2D eigenvalue weighted by atomic mass is 10.1. The van der Waals surface area contributed by atoms with Crippen molar-refractivity contribution in [2.24, 2.45) is 0 Å². The van der Waals surface area contributed by atoms with Gasteiger partial charge < -0.3 is 9.64 Å². The van der Waals surface area contributed by atoms with Gasteiger partial charge in [0, 0.05) is 36.6 Å². The van der Waals surface area contributed by atoms with Gasteiger partial charge in [0.2, 0.25) is 17.6 Å². The van der Waals surface area contributed by atoms with Crippen molar-refractivity contribution < 1.29 is 9.53 Å². The largest absolute Gasteiger partial charge is 0.497 e. The molecule has 0 spiro atoms. The Kier molecular flexibility index (Phi) is 5.71. The second-order valence-corrected chi connectivity index (χ2v) is 5.75. The number of carbonyl (C=O) groups is 1. The standard InChI is InChI=1S/C20H21N5O2/c1-4-25(5-2)20-23-18(14-8-10-16(27-3)11-9-14)22-19(24-20)17(26)15-7-6-12-21-13-15/h6-13H,4-5H2,1-3H3. The number of pyridine rings is 1. The molecule has 1 aromatic carbocycles. The van der Waals surface area contributed by atoms with Crippen LogP contribution >= 0.6 is 0 Å². The summed E-state index contributed by atoms with van der Waals surface area (Å²) in [6.45, 7) is 5.48. The molecule has 0 fully saturated rings. The Balaban J connectivity index is 2.09. The highest BCUT2D eigenvalue weighted by Gasteiger charge is 2.18. The van der Waals surface area contributed by atoms with E-state index >= 15 is 0 Å². The molecule has 3 aromatic rings. The van der Waals surface area contributed by atoms with E-state index in [0.717, 1.165) is 24.4 Å². The third kappa shape index (κ3) is 4.08. The van der Waals surface area contributed by atoms with Crippen molar-refractivity contribution in [2.45, 2.75) is 13.8 Å². The molecule has 0 N–H and O–H groups in total. The molecule has 138 valence electrons. The molecule has 0 aliphatic carbocycles. The smallest absolute Gasteiger partial charge is 0.231 e. The Bertz CT molecular complexity index is 909. The van der Waals surface area contributed by atoms with Gasteiger partial charge in [-0.2, -0.15) is 9.97 Å². The summed E-state index contributed by atoms with van der Waals surface area (Å²) in [6, 6.07) is 10.8. The van der Waals surface area contributed by atoms with Crippen molar-refractivity contribution in [1.29, 1.82) is 0 Å². The number of hydrogen-bond acceptors (Lipinski definition) is 7. The molecule has 0 saturated carbocycles. The molecule has 0 aliphatic heterocycles. The molecule has 0 saturated heterocycles. The highest BCUT2D eigenvalue weighted by Crippen LogP contribution is 2.22. The van der Waals surface area contributed by atoms with Crippen molar-refractivity contribution >= 4 is 11.7 Å². The van der Waals surface area contributed by atoms with Gasteiger partial charge in [0.1, 0.15) is 5.75 Å². The van der Waals surface area contributed by atoms with E-state index in [1.807, 2.05) is 43.0 Å². The molecule has 0 amide bonds. The van der Waals surface area contributed by atoms with Crippen molar-refractivity contribution in [1.82, 2.24) is 19.9 Å². The third-order valence-electron chi connectivity index (χ3n) is 4.14. The Morgan fingerprint density at radius 3 is 2.37 bits per heavy atom. The predicted molar refractivity (Wildman–Crippen MR) is 103 cm³/mol. The summed E-state index contributed by atoms with van der Waals surface area (Å²) in [6.07, 6.45) is 3.13. The van der Waals surface area contributed by atoms with Crippen LogP contribution in [0.5, 0.6) is 5.75 Å². The number of anilines is 1. The van der Waals surface area contributed by atoms with E-state index in [-0.39, 0.29) is 11.6 Å². The molecule has 2 aromatic heterocycles. The van der Waals surface area contributed by atoms with E-state index in [1.165, 1.54) is 6.20 Å². The molecule has 0 bridgehead atoms. The predicted octanol–water partition coefficient (Wildman–Crippen LogP) is 3.02. The fraction of sp³-hybridized carbons (Fsp3) is 0.250. The fourth-order valence-corrected chi connectivity index (χ4v) is 2.61. The number of hydrogen-bond donors (Lipinski definition) is 0. The zero-order valence-electron chi connectivity index (χ0n) is 15.6. The van der Waals surface area contributed by atoms with Gasteiger partial charge in [-0.05, 0) is 50.2 Å². The maximum atomic E-state index is 12.9. The number of benzene rings is 1. The number of carbonyl (C=O) groups excluding carboxylic acids is 1. The summed E-state index contributed by atoms with van der Waals surface area (Å²) < 4.78 is 5.20. The summed E-state index contributed by atoms with van der Waals surface area (Å²) in [7, 11) is 1.61. The Morgan fingerprint density at radius 2 is 1.78 bits per heavy atom. The zero-order chi connectivity index (χ0) is 19.2. The molecule has 0 radical (unpaired) electrons. The van der Waals surface area contributed by atoms with E-state index in [4.69, 9.17) is 4.74 Å². The molecule has 3 rings (SSSR count). The van der Waals surface area contributed by atoms with Crippen LogP contribution in [-0.2, 0) is 0 Å². The average molecular weight is 363 g/mol. The van der Waals surface area contributed by atoms with E-state index in [1.54, 1.807) is 25.4 Å². The van der Waals surface area contributed by atoms with Crippen molar-refractivity contribution in [3.63, 3.8) is 0 Å². The number of ketones is 1. The van der Waals surface area contributed by atoms with Gasteiger partial charge in [-0.15, -0.1) is 0 Å². The number of rotatable bonds is 7. The van der Waals surface area contributed by atoms with E-state index in [0.29, 0.717) is 17.3 Å². The summed E-state index contributed by atoms with van der Waals surface area (Å²) in [4.78, 5) is 32.2. The SMILES string of the molecule is CCN(CC)c1nc(C(=O)c2cccnc2)nc(-c2ccc(OC)cc2)n1. The summed E-state index contributed by atoms with van der Waals surface area (Å²) in [5.41, 5.74) is 1.22. The van der Waals surface area contributed by atoms with Crippen LogP contribution in [0.1, 0.15) is 30.0 Å². The molecular weight excluding hydrogens is 342 g/mol. The molecule has 27 heavy (non-hydrogen) atoms. The number of nitrogens with zero attached hydrogens (tertiary/aromatic N) is 5. The molecule has 0 unspecified atom stereocenters. The van der Waals surface area contributed by atoms with E-state index in [9.17, 15) is 4.79 Å². The van der Waals surface area contributed by atoms with Crippen LogP contribution in [-0.4, -0.2) is 45.9 Å². The van der Waals surface area contributed by atoms with Gasteiger partial charge in [-0.1, -0.05) is 0 Å². The highest BCUT2D eigenvalue weighted by molar-refractivity contribution is 6.06. The minimum Gasteiger partial charge on any atom is -0.497 e. The van der Waals surface area contributed by atoms with Crippen LogP contribution in [0, 0.1) is 0 Å². The minimum absolute atomic E-state index is 0.103. The van der Waals surface area contributed by atoms with Gasteiger partial charge in [0.15, 0.2) is 5.82 Å². The van der Waals surface area contributed by atoms with E-state index in [2.05, 4.69) is 19.9 Å². The monoisotopic (exact) mass is 363 g/mol. The van der Waals surface area contributed by atoms with Crippen LogP contribution in [0.15, 0.2) is 48.8 Å². The van der Waals surface area contributed by atoms with Crippen LogP contribution < -0.4 is 9.64 Å². The molecule has 7 nitrogen and oxygen atoms in total.